The molecule has 180 valence electrons. The summed E-state index contributed by atoms with van der Waals surface area (Å²) in [5, 5.41) is 8.35. The van der Waals surface area contributed by atoms with Crippen LogP contribution in [0.3, 0.4) is 0 Å². The number of hydrogen-bond donors (Lipinski definition) is 3. The van der Waals surface area contributed by atoms with E-state index in [1.165, 1.54) is 16.2 Å². The standard InChI is InChI=1S/C24H29ClN6O2S/c1-3-31-9-7-17(27-22(32)19-11-14-10-15(25)4-5-16(14)26-19)20(12-31)28-23(33)24-29-18-6-8-30(2)13-21(18)34-24/h4-5,10-11,17,20,26H,3,6-9,12-13H2,1-2H3,(H,27,32)(H,28,33)/t17-,20+/m0/s1. The summed E-state index contributed by atoms with van der Waals surface area (Å²) < 4.78 is 0. The van der Waals surface area contributed by atoms with Crippen LogP contribution in [0.4, 0.5) is 0 Å². The quantitative estimate of drug-likeness (QED) is 0.501. The van der Waals surface area contributed by atoms with Gasteiger partial charge in [0, 0.05) is 53.4 Å². The number of piperidine rings is 1. The summed E-state index contributed by atoms with van der Waals surface area (Å²) in [6.45, 7) is 6.35. The Morgan fingerprint density at radius 3 is 2.85 bits per heavy atom. The molecule has 0 spiro atoms. The summed E-state index contributed by atoms with van der Waals surface area (Å²) in [4.78, 5) is 39.7. The fraction of sp³-hybridized carbons (Fsp3) is 0.458. The number of amides is 2. The van der Waals surface area contributed by atoms with Crippen LogP contribution in [0.5, 0.6) is 0 Å². The highest BCUT2D eigenvalue weighted by molar-refractivity contribution is 7.13. The molecule has 1 fully saturated rings. The second-order valence-electron chi connectivity index (χ2n) is 9.13. The van der Waals surface area contributed by atoms with Crippen LogP contribution in [0.2, 0.25) is 5.02 Å². The van der Waals surface area contributed by atoms with Crippen LogP contribution in [-0.4, -0.2) is 76.9 Å². The summed E-state index contributed by atoms with van der Waals surface area (Å²) >= 11 is 7.56. The minimum absolute atomic E-state index is 0.162. The second kappa shape index (κ2) is 9.65. The number of rotatable bonds is 5. The molecule has 1 saturated heterocycles. The van der Waals surface area contributed by atoms with Gasteiger partial charge in [-0.3, -0.25) is 9.59 Å². The van der Waals surface area contributed by atoms with Crippen molar-refractivity contribution < 1.29 is 9.59 Å². The van der Waals surface area contributed by atoms with Gasteiger partial charge in [-0.1, -0.05) is 18.5 Å². The Labute approximate surface area is 207 Å². The van der Waals surface area contributed by atoms with E-state index in [9.17, 15) is 9.59 Å². The first-order chi connectivity index (χ1) is 16.4. The van der Waals surface area contributed by atoms with Crippen LogP contribution in [0.1, 0.15) is 44.2 Å². The lowest BCUT2D eigenvalue weighted by Crippen LogP contribution is -2.60. The smallest absolute Gasteiger partial charge is 0.280 e. The van der Waals surface area contributed by atoms with Crippen LogP contribution in [0.25, 0.3) is 10.9 Å². The van der Waals surface area contributed by atoms with Crippen molar-refractivity contribution in [1.82, 2.24) is 30.4 Å². The van der Waals surface area contributed by atoms with E-state index >= 15 is 0 Å². The van der Waals surface area contributed by atoms with Crippen molar-refractivity contribution in [2.24, 2.45) is 0 Å². The van der Waals surface area contributed by atoms with Crippen molar-refractivity contribution >= 4 is 45.7 Å². The molecule has 3 aromatic rings. The average Bonchev–Trinajstić information content (AvgIpc) is 3.43. The molecule has 34 heavy (non-hydrogen) atoms. The molecule has 5 rings (SSSR count). The zero-order valence-corrected chi connectivity index (χ0v) is 20.9. The number of hydrogen-bond acceptors (Lipinski definition) is 6. The van der Waals surface area contributed by atoms with E-state index in [4.69, 9.17) is 11.6 Å². The topological polar surface area (TPSA) is 93.4 Å². The maximum absolute atomic E-state index is 13.1. The van der Waals surface area contributed by atoms with Gasteiger partial charge in [-0.05, 0) is 44.3 Å². The molecule has 0 unspecified atom stereocenters. The first-order valence-electron chi connectivity index (χ1n) is 11.7. The number of H-pyrrole nitrogens is 1. The number of fused-ring (bicyclic) bond motifs is 2. The first kappa shape index (κ1) is 23.3. The normalized spacial score (nSPS) is 21.4. The highest BCUT2D eigenvalue weighted by atomic mass is 35.5. The SMILES string of the molecule is CCN1CC[C@H](NC(=O)c2cc3cc(Cl)ccc3[nH]2)[C@H](NC(=O)c2nc3c(s2)CN(C)CC3)C1. The lowest BCUT2D eigenvalue weighted by molar-refractivity contribution is 0.0812. The number of carbonyl (C=O) groups is 2. The van der Waals surface area contributed by atoms with Crippen LogP contribution < -0.4 is 10.6 Å². The number of benzene rings is 1. The highest BCUT2D eigenvalue weighted by Gasteiger charge is 2.33. The summed E-state index contributed by atoms with van der Waals surface area (Å²) in [6.07, 6.45) is 1.63. The Bertz CT molecular complexity index is 1220. The van der Waals surface area contributed by atoms with Crippen molar-refractivity contribution in [3.63, 3.8) is 0 Å². The molecule has 0 aliphatic carbocycles. The fourth-order valence-corrected chi connectivity index (χ4v) is 6.02. The monoisotopic (exact) mass is 500 g/mol. The third kappa shape index (κ3) is 4.84. The van der Waals surface area contributed by atoms with Crippen LogP contribution in [0.15, 0.2) is 24.3 Å². The molecule has 3 N–H and O–H groups in total. The summed E-state index contributed by atoms with van der Waals surface area (Å²) in [5.74, 6) is -0.348. The molecule has 2 atom stereocenters. The molecule has 2 amide bonds. The van der Waals surface area contributed by atoms with E-state index < -0.39 is 0 Å². The third-order valence-electron chi connectivity index (χ3n) is 6.72. The number of likely N-dealkylation sites (N-methyl/N-ethyl adjacent to an activating group) is 2. The van der Waals surface area contributed by atoms with Crippen molar-refractivity contribution in [2.45, 2.75) is 38.4 Å². The van der Waals surface area contributed by atoms with Gasteiger partial charge in [0.15, 0.2) is 5.01 Å². The van der Waals surface area contributed by atoms with Crippen molar-refractivity contribution in [1.29, 1.82) is 0 Å². The minimum Gasteiger partial charge on any atom is -0.351 e. The van der Waals surface area contributed by atoms with Crippen LogP contribution in [-0.2, 0) is 13.0 Å². The zero-order valence-electron chi connectivity index (χ0n) is 19.4. The summed E-state index contributed by atoms with van der Waals surface area (Å²) in [5.41, 5.74) is 2.38. The molecule has 1 aromatic carbocycles. The van der Waals surface area contributed by atoms with Gasteiger partial charge >= 0.3 is 0 Å². The maximum atomic E-state index is 13.1. The van der Waals surface area contributed by atoms with E-state index in [0.717, 1.165) is 55.6 Å². The van der Waals surface area contributed by atoms with Gasteiger partial charge in [-0.15, -0.1) is 11.3 Å². The zero-order chi connectivity index (χ0) is 23.8. The number of carbonyl (C=O) groups excluding carboxylic acids is 2. The molecule has 4 heterocycles. The van der Waals surface area contributed by atoms with Gasteiger partial charge in [0.05, 0.1) is 17.8 Å². The van der Waals surface area contributed by atoms with E-state index in [1.807, 2.05) is 18.2 Å². The predicted molar refractivity (Wildman–Crippen MR) is 135 cm³/mol. The van der Waals surface area contributed by atoms with E-state index in [1.54, 1.807) is 6.07 Å². The summed E-state index contributed by atoms with van der Waals surface area (Å²) in [6, 6.07) is 6.92. The number of halogens is 1. The number of aromatic nitrogens is 2. The lowest BCUT2D eigenvalue weighted by atomic mass is 9.98. The molecule has 0 bridgehead atoms. The van der Waals surface area contributed by atoms with Crippen molar-refractivity contribution in [3.05, 3.63) is 50.6 Å². The maximum Gasteiger partial charge on any atom is 0.280 e. The Kier molecular flexibility index (Phi) is 6.61. The third-order valence-corrected chi connectivity index (χ3v) is 8.04. The number of likely N-dealkylation sites (tertiary alicyclic amines) is 1. The van der Waals surface area contributed by atoms with Gasteiger partial charge in [0.1, 0.15) is 5.69 Å². The van der Waals surface area contributed by atoms with Gasteiger partial charge < -0.3 is 25.4 Å². The van der Waals surface area contributed by atoms with Gasteiger partial charge in [-0.25, -0.2) is 4.98 Å². The molecule has 2 aliphatic heterocycles. The molecule has 2 aliphatic rings. The Morgan fingerprint density at radius 2 is 2.03 bits per heavy atom. The molecule has 0 saturated carbocycles. The Hall–Kier alpha value is -2.46. The number of nitrogens with zero attached hydrogens (tertiary/aromatic N) is 3. The van der Waals surface area contributed by atoms with Crippen molar-refractivity contribution in [2.75, 3.05) is 33.2 Å². The van der Waals surface area contributed by atoms with E-state index in [2.05, 4.69) is 44.4 Å². The summed E-state index contributed by atoms with van der Waals surface area (Å²) in [7, 11) is 2.08. The molecule has 8 nitrogen and oxygen atoms in total. The predicted octanol–water partition coefficient (Wildman–Crippen LogP) is 2.89. The van der Waals surface area contributed by atoms with E-state index in [0.29, 0.717) is 22.3 Å². The van der Waals surface area contributed by atoms with Crippen LogP contribution in [0, 0.1) is 0 Å². The van der Waals surface area contributed by atoms with Crippen molar-refractivity contribution in [3.8, 4) is 0 Å². The first-order valence-corrected chi connectivity index (χ1v) is 12.9. The molecule has 10 heteroatoms. The lowest BCUT2D eigenvalue weighted by Gasteiger charge is -2.38. The molecular weight excluding hydrogens is 472 g/mol. The average molecular weight is 501 g/mol. The number of nitrogens with one attached hydrogen (secondary N) is 3. The Balaban J connectivity index is 1.30. The van der Waals surface area contributed by atoms with Gasteiger partial charge in [0.2, 0.25) is 0 Å². The minimum atomic E-state index is -0.201. The van der Waals surface area contributed by atoms with E-state index in [-0.39, 0.29) is 23.9 Å². The number of thiazole rings is 1. The molecule has 0 radical (unpaired) electrons. The number of aromatic amines is 1. The second-order valence-corrected chi connectivity index (χ2v) is 10.7. The highest BCUT2D eigenvalue weighted by Crippen LogP contribution is 2.25. The largest absolute Gasteiger partial charge is 0.351 e. The fourth-order valence-electron chi connectivity index (χ4n) is 4.75. The van der Waals surface area contributed by atoms with Crippen LogP contribution >= 0.6 is 22.9 Å². The Morgan fingerprint density at radius 1 is 1.21 bits per heavy atom. The van der Waals surface area contributed by atoms with Gasteiger partial charge in [-0.2, -0.15) is 0 Å². The molecule has 2 aromatic heterocycles. The van der Waals surface area contributed by atoms with Gasteiger partial charge in [0.25, 0.3) is 11.8 Å². The molecular formula is C24H29ClN6O2S.